The highest BCUT2D eigenvalue weighted by molar-refractivity contribution is 6.26. The summed E-state index contributed by atoms with van der Waals surface area (Å²) in [5.41, 5.74) is 6.90. The number of hydrogen-bond acceptors (Lipinski definition) is 6. The summed E-state index contributed by atoms with van der Waals surface area (Å²) in [5.74, 6) is 2.41. The second-order valence-corrected chi connectivity index (χ2v) is 13.0. The van der Waals surface area contributed by atoms with Crippen LogP contribution in [0.5, 0.6) is 0 Å². The van der Waals surface area contributed by atoms with E-state index in [-0.39, 0.29) is 0 Å². The van der Waals surface area contributed by atoms with Crippen molar-refractivity contribution < 1.29 is 8.83 Å². The van der Waals surface area contributed by atoms with Gasteiger partial charge in [-0.1, -0.05) is 121 Å². The van der Waals surface area contributed by atoms with Crippen molar-refractivity contribution in [3.05, 3.63) is 158 Å². The molecule has 0 atom stereocenters. The minimum absolute atomic E-state index is 0.590. The topological polar surface area (TPSA) is 77.8 Å². The zero-order chi connectivity index (χ0) is 34.2. The smallest absolute Gasteiger partial charge is 0.227 e. The lowest BCUT2D eigenvalue weighted by atomic mass is 9.95. The Morgan fingerprint density at radius 2 is 1.02 bits per heavy atom. The molecule has 0 unspecified atom stereocenters. The molecule has 0 bridgehead atoms. The Labute approximate surface area is 296 Å². The molecule has 0 aliphatic carbocycles. The van der Waals surface area contributed by atoms with Crippen LogP contribution in [0.2, 0.25) is 0 Å². The number of benzene rings is 8. The van der Waals surface area contributed by atoms with Gasteiger partial charge in [-0.15, -0.1) is 0 Å². The maximum Gasteiger partial charge on any atom is 0.227 e. The van der Waals surface area contributed by atoms with E-state index in [2.05, 4.69) is 60.7 Å². The minimum Gasteiger partial charge on any atom is -0.456 e. The first kappa shape index (κ1) is 28.6. The van der Waals surface area contributed by atoms with Gasteiger partial charge in [0.15, 0.2) is 23.1 Å². The highest BCUT2D eigenvalue weighted by Gasteiger charge is 2.19. The van der Waals surface area contributed by atoms with Gasteiger partial charge in [0.05, 0.1) is 0 Å². The van der Waals surface area contributed by atoms with Crippen LogP contribution in [0.1, 0.15) is 0 Å². The molecular formula is C46H26N4O2. The van der Waals surface area contributed by atoms with E-state index in [0.29, 0.717) is 23.4 Å². The Kier molecular flexibility index (Phi) is 6.15. The van der Waals surface area contributed by atoms with Gasteiger partial charge in [0, 0.05) is 43.8 Å². The highest BCUT2D eigenvalue weighted by Crippen LogP contribution is 2.40. The largest absolute Gasteiger partial charge is 0.456 e. The number of fused-ring (bicyclic) bond motifs is 10. The molecule has 11 aromatic rings. The van der Waals surface area contributed by atoms with Gasteiger partial charge in [-0.05, 0) is 57.9 Å². The Morgan fingerprint density at radius 1 is 0.365 bits per heavy atom. The maximum absolute atomic E-state index is 6.53. The number of oxazole rings is 1. The van der Waals surface area contributed by atoms with Crippen molar-refractivity contribution >= 4 is 65.4 Å². The summed E-state index contributed by atoms with van der Waals surface area (Å²) < 4.78 is 12.8. The van der Waals surface area contributed by atoms with Gasteiger partial charge < -0.3 is 8.83 Å². The molecule has 0 radical (unpaired) electrons. The van der Waals surface area contributed by atoms with Crippen LogP contribution in [-0.4, -0.2) is 19.9 Å². The van der Waals surface area contributed by atoms with Gasteiger partial charge in [-0.2, -0.15) is 0 Å². The van der Waals surface area contributed by atoms with Crippen LogP contribution in [0.15, 0.2) is 167 Å². The molecule has 0 saturated carbocycles. The standard InChI is InChI=1S/C46H26N4O2/c1-3-10-29(11-4-1)43-48-44(50-45(49-43)35-15-9-17-38-41(35)34-14-7-8-16-37(34)51-38)32-22-24-33-31(26-32)21-20-27-18-19-28-23-25-36-42(40(28)39(27)33)52-46(47-36)30-12-5-2-6-13-30/h1-26H. The van der Waals surface area contributed by atoms with Crippen LogP contribution < -0.4 is 0 Å². The van der Waals surface area contributed by atoms with Crippen molar-refractivity contribution in [3.63, 3.8) is 0 Å². The molecule has 6 nitrogen and oxygen atoms in total. The summed E-state index contributed by atoms with van der Waals surface area (Å²) in [6.45, 7) is 0. The van der Waals surface area contributed by atoms with Crippen LogP contribution in [-0.2, 0) is 0 Å². The molecule has 0 spiro atoms. The van der Waals surface area contributed by atoms with E-state index >= 15 is 0 Å². The maximum atomic E-state index is 6.53. The molecule has 242 valence electrons. The summed E-state index contributed by atoms with van der Waals surface area (Å²) in [6.07, 6.45) is 0. The lowest BCUT2D eigenvalue weighted by Gasteiger charge is -2.11. The predicted octanol–water partition coefficient (Wildman–Crippen LogP) is 12.0. The van der Waals surface area contributed by atoms with Crippen molar-refractivity contribution in [1.29, 1.82) is 0 Å². The van der Waals surface area contributed by atoms with E-state index in [4.69, 9.17) is 28.8 Å². The van der Waals surface area contributed by atoms with Crippen molar-refractivity contribution in [1.82, 2.24) is 19.9 Å². The second-order valence-electron chi connectivity index (χ2n) is 13.0. The number of rotatable bonds is 4. The van der Waals surface area contributed by atoms with Crippen molar-refractivity contribution in [3.8, 4) is 45.6 Å². The van der Waals surface area contributed by atoms with Crippen LogP contribution >= 0.6 is 0 Å². The van der Waals surface area contributed by atoms with Crippen molar-refractivity contribution in [2.24, 2.45) is 0 Å². The van der Waals surface area contributed by atoms with Crippen LogP contribution in [0.25, 0.3) is 111 Å². The van der Waals surface area contributed by atoms with Gasteiger partial charge in [-0.25, -0.2) is 19.9 Å². The van der Waals surface area contributed by atoms with E-state index < -0.39 is 0 Å². The summed E-state index contributed by atoms with van der Waals surface area (Å²) in [6, 6.07) is 53.5. The van der Waals surface area contributed by atoms with Gasteiger partial charge in [-0.3, -0.25) is 0 Å². The number of nitrogens with zero attached hydrogens (tertiary/aromatic N) is 4. The van der Waals surface area contributed by atoms with E-state index in [1.807, 2.05) is 97.1 Å². The average molecular weight is 667 g/mol. The normalized spacial score (nSPS) is 11.8. The van der Waals surface area contributed by atoms with Crippen molar-refractivity contribution in [2.75, 3.05) is 0 Å². The molecule has 0 aliphatic heterocycles. The lowest BCUT2D eigenvalue weighted by molar-refractivity contribution is 0.623. The zero-order valence-electron chi connectivity index (χ0n) is 27.6. The third-order valence-corrected chi connectivity index (χ3v) is 9.92. The molecule has 52 heavy (non-hydrogen) atoms. The molecule has 3 heterocycles. The number of furan rings is 1. The summed E-state index contributed by atoms with van der Waals surface area (Å²) in [5, 5.41) is 8.61. The molecule has 3 aromatic heterocycles. The minimum atomic E-state index is 0.590. The Morgan fingerprint density at radius 3 is 1.85 bits per heavy atom. The number of para-hydroxylation sites is 1. The van der Waals surface area contributed by atoms with Gasteiger partial charge in [0.25, 0.3) is 0 Å². The average Bonchev–Trinajstić information content (AvgIpc) is 3.83. The molecule has 0 aliphatic rings. The van der Waals surface area contributed by atoms with E-state index in [1.54, 1.807) is 0 Å². The van der Waals surface area contributed by atoms with Gasteiger partial charge >= 0.3 is 0 Å². The molecule has 6 heteroatoms. The summed E-state index contributed by atoms with van der Waals surface area (Å²) in [4.78, 5) is 20.1. The van der Waals surface area contributed by atoms with Gasteiger partial charge in [0.1, 0.15) is 16.7 Å². The SMILES string of the molecule is c1ccc(-c2nc(-c3ccc4c(ccc5ccc6ccc7nc(-c8ccccc8)oc7c6c54)c3)nc(-c3cccc4oc5ccccc5c34)n2)cc1. The summed E-state index contributed by atoms with van der Waals surface area (Å²) in [7, 11) is 0. The Balaban J connectivity index is 1.13. The summed E-state index contributed by atoms with van der Waals surface area (Å²) >= 11 is 0. The predicted molar refractivity (Wildman–Crippen MR) is 209 cm³/mol. The fourth-order valence-corrected chi connectivity index (χ4v) is 7.49. The molecule has 0 fully saturated rings. The molecule has 0 saturated heterocycles. The second kappa shape index (κ2) is 11.2. The monoisotopic (exact) mass is 666 g/mol. The first-order valence-corrected chi connectivity index (χ1v) is 17.2. The third-order valence-electron chi connectivity index (χ3n) is 9.92. The van der Waals surface area contributed by atoms with E-state index in [1.165, 1.54) is 0 Å². The lowest BCUT2D eigenvalue weighted by Crippen LogP contribution is -2.00. The first-order valence-electron chi connectivity index (χ1n) is 17.2. The quantitative estimate of drug-likeness (QED) is 0.174. The Hall–Kier alpha value is -7.18. The van der Waals surface area contributed by atoms with E-state index in [9.17, 15) is 0 Å². The van der Waals surface area contributed by atoms with Crippen LogP contribution in [0.3, 0.4) is 0 Å². The third kappa shape index (κ3) is 4.44. The fraction of sp³-hybridized carbons (Fsp3) is 0. The molecule has 11 rings (SSSR count). The molecule has 8 aromatic carbocycles. The van der Waals surface area contributed by atoms with E-state index in [0.717, 1.165) is 87.6 Å². The van der Waals surface area contributed by atoms with Crippen LogP contribution in [0, 0.1) is 0 Å². The van der Waals surface area contributed by atoms with Gasteiger partial charge in [0.2, 0.25) is 5.89 Å². The molecule has 0 amide bonds. The molecular weight excluding hydrogens is 641 g/mol. The number of hydrogen-bond donors (Lipinski definition) is 0. The number of aromatic nitrogens is 4. The zero-order valence-corrected chi connectivity index (χ0v) is 27.6. The van der Waals surface area contributed by atoms with Crippen molar-refractivity contribution in [2.45, 2.75) is 0 Å². The molecule has 0 N–H and O–H groups in total. The Bertz CT molecular complexity index is 3180. The first-order chi connectivity index (χ1) is 25.7. The van der Waals surface area contributed by atoms with Crippen LogP contribution in [0.4, 0.5) is 0 Å². The highest BCUT2D eigenvalue weighted by atomic mass is 16.3. The fourth-order valence-electron chi connectivity index (χ4n) is 7.49.